The van der Waals surface area contributed by atoms with Gasteiger partial charge in [0.25, 0.3) is 0 Å². The van der Waals surface area contributed by atoms with Crippen LogP contribution in [0.15, 0.2) is 0 Å². The van der Waals surface area contributed by atoms with Crippen LogP contribution in [0.25, 0.3) is 0 Å². The van der Waals surface area contributed by atoms with Gasteiger partial charge in [-0.15, -0.1) is 0 Å². The predicted octanol–water partition coefficient (Wildman–Crippen LogP) is 1.88. The second kappa shape index (κ2) is 8.04. The van der Waals surface area contributed by atoms with Gasteiger partial charge < -0.3 is 9.47 Å². The summed E-state index contributed by atoms with van der Waals surface area (Å²) in [6.07, 6.45) is 3.21. The Morgan fingerprint density at radius 3 is 2.67 bits per heavy atom. The Balaban J connectivity index is 3.08. The number of unbranched alkanes of at least 4 members (excludes halogenated alkanes) is 3. The SMILES string of the molecule is CCCCCCOC(=O)OC=O. The lowest BCUT2D eigenvalue weighted by Crippen LogP contribution is -2.06. The van der Waals surface area contributed by atoms with Crippen molar-refractivity contribution in [3.8, 4) is 0 Å². The minimum Gasteiger partial charge on any atom is -0.434 e. The molecule has 0 atom stereocenters. The Labute approximate surface area is 71.8 Å². The molecule has 0 N–H and O–H groups in total. The van der Waals surface area contributed by atoms with Crippen LogP contribution in [0, 0.1) is 0 Å². The van der Waals surface area contributed by atoms with Gasteiger partial charge in [0, 0.05) is 0 Å². The molecule has 12 heavy (non-hydrogen) atoms. The van der Waals surface area contributed by atoms with Crippen molar-refractivity contribution in [2.24, 2.45) is 0 Å². The second-order valence-corrected chi connectivity index (χ2v) is 2.37. The van der Waals surface area contributed by atoms with E-state index in [0.717, 1.165) is 25.7 Å². The van der Waals surface area contributed by atoms with Crippen molar-refractivity contribution in [2.75, 3.05) is 6.61 Å². The minimum atomic E-state index is -0.915. The summed E-state index contributed by atoms with van der Waals surface area (Å²) in [4.78, 5) is 20.0. The normalized spacial score (nSPS) is 9.08. The summed E-state index contributed by atoms with van der Waals surface area (Å²) >= 11 is 0. The van der Waals surface area contributed by atoms with Crippen LogP contribution in [-0.4, -0.2) is 19.2 Å². The largest absolute Gasteiger partial charge is 0.515 e. The molecule has 0 radical (unpaired) electrons. The van der Waals surface area contributed by atoms with E-state index in [2.05, 4.69) is 16.4 Å². The van der Waals surface area contributed by atoms with Crippen LogP contribution in [0.4, 0.5) is 4.79 Å². The molecule has 0 unspecified atom stereocenters. The van der Waals surface area contributed by atoms with Crippen LogP contribution in [-0.2, 0) is 14.3 Å². The van der Waals surface area contributed by atoms with Gasteiger partial charge in [0.2, 0.25) is 0 Å². The highest BCUT2D eigenvalue weighted by Crippen LogP contribution is 1.99. The summed E-state index contributed by atoms with van der Waals surface area (Å²) in [6.45, 7) is 2.49. The summed E-state index contributed by atoms with van der Waals surface area (Å²) in [5.41, 5.74) is 0. The lowest BCUT2D eigenvalue weighted by atomic mass is 10.2. The topological polar surface area (TPSA) is 52.6 Å². The number of hydrogen-bond donors (Lipinski definition) is 0. The zero-order valence-electron chi connectivity index (χ0n) is 7.25. The number of hydrogen-bond acceptors (Lipinski definition) is 4. The van der Waals surface area contributed by atoms with E-state index in [9.17, 15) is 9.59 Å². The summed E-state index contributed by atoms with van der Waals surface area (Å²) in [5, 5.41) is 0. The van der Waals surface area contributed by atoms with Gasteiger partial charge in [0.1, 0.15) is 0 Å². The summed E-state index contributed by atoms with van der Waals surface area (Å²) in [7, 11) is 0. The highest BCUT2D eigenvalue weighted by atomic mass is 16.7. The van der Waals surface area contributed by atoms with Gasteiger partial charge in [-0.3, -0.25) is 4.79 Å². The first-order valence-electron chi connectivity index (χ1n) is 4.08. The van der Waals surface area contributed by atoms with Crippen molar-refractivity contribution in [1.29, 1.82) is 0 Å². The Morgan fingerprint density at radius 2 is 2.08 bits per heavy atom. The molecule has 0 aliphatic rings. The molecule has 0 bridgehead atoms. The van der Waals surface area contributed by atoms with Crippen molar-refractivity contribution in [2.45, 2.75) is 32.6 Å². The molecule has 70 valence electrons. The molecule has 0 aromatic rings. The lowest BCUT2D eigenvalue weighted by molar-refractivity contribution is -0.125. The highest BCUT2D eigenvalue weighted by Gasteiger charge is 2.00. The number of ether oxygens (including phenoxy) is 2. The first-order chi connectivity index (χ1) is 5.81. The third-order valence-electron chi connectivity index (χ3n) is 1.36. The minimum absolute atomic E-state index is 0.0639. The lowest BCUT2D eigenvalue weighted by Gasteiger charge is -2.00. The number of rotatable bonds is 6. The van der Waals surface area contributed by atoms with Crippen LogP contribution in [0.5, 0.6) is 0 Å². The van der Waals surface area contributed by atoms with E-state index in [1.165, 1.54) is 0 Å². The van der Waals surface area contributed by atoms with E-state index >= 15 is 0 Å². The maximum absolute atomic E-state index is 10.4. The molecule has 0 aromatic heterocycles. The maximum atomic E-state index is 10.4. The first-order valence-corrected chi connectivity index (χ1v) is 4.08. The van der Waals surface area contributed by atoms with Crippen LogP contribution in [0.1, 0.15) is 32.6 Å². The Bertz CT molecular complexity index is 133. The third kappa shape index (κ3) is 7.05. The van der Waals surface area contributed by atoms with Crippen LogP contribution < -0.4 is 0 Å². The molecule has 0 heterocycles. The summed E-state index contributed by atoms with van der Waals surface area (Å²) in [5.74, 6) is 0. The van der Waals surface area contributed by atoms with Gasteiger partial charge in [0.15, 0.2) is 0 Å². The van der Waals surface area contributed by atoms with Gasteiger partial charge in [0.05, 0.1) is 6.61 Å². The smallest absolute Gasteiger partial charge is 0.434 e. The number of carbonyl (C=O) groups is 2. The Kier molecular flexibility index (Phi) is 7.33. The molecule has 0 aliphatic heterocycles. The third-order valence-corrected chi connectivity index (χ3v) is 1.36. The van der Waals surface area contributed by atoms with Crippen molar-refractivity contribution in [1.82, 2.24) is 0 Å². The molecule has 0 rings (SSSR count). The molecule has 0 aliphatic carbocycles. The molecular weight excluding hydrogens is 160 g/mol. The van der Waals surface area contributed by atoms with Crippen LogP contribution >= 0.6 is 0 Å². The average Bonchev–Trinajstić information content (AvgIpc) is 2.05. The first kappa shape index (κ1) is 10.9. The van der Waals surface area contributed by atoms with Crippen molar-refractivity contribution >= 4 is 12.6 Å². The highest BCUT2D eigenvalue weighted by molar-refractivity contribution is 5.69. The van der Waals surface area contributed by atoms with E-state index in [1.54, 1.807) is 0 Å². The molecule has 0 amide bonds. The second-order valence-electron chi connectivity index (χ2n) is 2.37. The van der Waals surface area contributed by atoms with Gasteiger partial charge >= 0.3 is 12.6 Å². The molecule has 0 fully saturated rings. The molecular formula is C8H14O4. The molecule has 0 saturated heterocycles. The Morgan fingerprint density at radius 1 is 1.33 bits per heavy atom. The standard InChI is InChI=1S/C8H14O4/c1-2-3-4-5-6-11-8(10)12-7-9/h7H,2-6H2,1H3. The molecule has 4 nitrogen and oxygen atoms in total. The zero-order chi connectivity index (χ0) is 9.23. The molecule has 0 spiro atoms. The Hall–Kier alpha value is -1.06. The van der Waals surface area contributed by atoms with Crippen molar-refractivity contribution in [3.05, 3.63) is 0 Å². The predicted molar refractivity (Wildman–Crippen MR) is 42.6 cm³/mol. The fraction of sp³-hybridized carbons (Fsp3) is 0.750. The van der Waals surface area contributed by atoms with E-state index in [4.69, 9.17) is 0 Å². The number of carbonyl (C=O) groups excluding carboxylic acids is 2. The molecule has 0 saturated carbocycles. The van der Waals surface area contributed by atoms with Gasteiger partial charge in [-0.2, -0.15) is 0 Å². The summed E-state index contributed by atoms with van der Waals surface area (Å²) < 4.78 is 8.44. The van der Waals surface area contributed by atoms with E-state index in [0.29, 0.717) is 6.61 Å². The van der Waals surface area contributed by atoms with E-state index in [-0.39, 0.29) is 6.47 Å². The maximum Gasteiger partial charge on any atom is 0.515 e. The summed E-state index contributed by atoms with van der Waals surface area (Å²) in [6, 6.07) is 0. The van der Waals surface area contributed by atoms with E-state index < -0.39 is 6.16 Å². The van der Waals surface area contributed by atoms with Crippen molar-refractivity contribution in [3.63, 3.8) is 0 Å². The van der Waals surface area contributed by atoms with Gasteiger partial charge in [-0.1, -0.05) is 26.2 Å². The molecule has 0 aromatic carbocycles. The molecule has 4 heteroatoms. The zero-order valence-corrected chi connectivity index (χ0v) is 7.25. The average molecular weight is 174 g/mol. The van der Waals surface area contributed by atoms with E-state index in [1.807, 2.05) is 0 Å². The fourth-order valence-corrected chi connectivity index (χ4v) is 0.758. The monoisotopic (exact) mass is 174 g/mol. The van der Waals surface area contributed by atoms with Gasteiger partial charge in [-0.25, -0.2) is 4.79 Å². The van der Waals surface area contributed by atoms with Crippen LogP contribution in [0.2, 0.25) is 0 Å². The fourth-order valence-electron chi connectivity index (χ4n) is 0.758. The quantitative estimate of drug-likeness (QED) is 0.267. The van der Waals surface area contributed by atoms with Crippen molar-refractivity contribution < 1.29 is 19.1 Å². The van der Waals surface area contributed by atoms with Crippen LogP contribution in [0.3, 0.4) is 0 Å². The van der Waals surface area contributed by atoms with Gasteiger partial charge in [-0.05, 0) is 6.42 Å².